The van der Waals surface area contributed by atoms with Gasteiger partial charge < -0.3 is 19.8 Å². The predicted octanol–water partition coefficient (Wildman–Crippen LogP) is 4.81. The number of carbonyl (C=O) groups excluding carboxylic acids is 2. The van der Waals surface area contributed by atoms with Crippen LogP contribution in [0.2, 0.25) is 0 Å². The van der Waals surface area contributed by atoms with Gasteiger partial charge in [-0.2, -0.15) is 11.3 Å². The molecule has 0 saturated heterocycles. The summed E-state index contributed by atoms with van der Waals surface area (Å²) in [6.45, 7) is 0.282. The zero-order valence-electron chi connectivity index (χ0n) is 16.7. The molecular weight excluding hydrogens is 412 g/mol. The quantitative estimate of drug-likeness (QED) is 0.390. The second kappa shape index (κ2) is 9.95. The standard InChI is InChI=1S/C24H22N2O4S/c27-23(29-14-17-6-2-1-3-7-17)22(26-24(28)30-15-18-10-11-31-16-18)12-19-13-25-21-9-5-4-8-20(19)21/h1-11,13,16,22,25H,12,14-15H2,(H,26,28). The van der Waals surface area contributed by atoms with Gasteiger partial charge in [-0.1, -0.05) is 48.5 Å². The van der Waals surface area contributed by atoms with E-state index in [4.69, 9.17) is 9.47 Å². The lowest BCUT2D eigenvalue weighted by Crippen LogP contribution is -2.43. The molecular formula is C24H22N2O4S. The van der Waals surface area contributed by atoms with E-state index in [-0.39, 0.29) is 19.6 Å². The van der Waals surface area contributed by atoms with Crippen molar-refractivity contribution in [3.63, 3.8) is 0 Å². The van der Waals surface area contributed by atoms with Gasteiger partial charge in [-0.3, -0.25) is 0 Å². The van der Waals surface area contributed by atoms with Crippen LogP contribution in [0.1, 0.15) is 16.7 Å². The molecule has 31 heavy (non-hydrogen) atoms. The number of hydrogen-bond donors (Lipinski definition) is 2. The summed E-state index contributed by atoms with van der Waals surface area (Å²) in [5, 5.41) is 7.49. The maximum atomic E-state index is 12.8. The monoisotopic (exact) mass is 434 g/mol. The first kappa shape index (κ1) is 20.7. The molecule has 0 aliphatic carbocycles. The van der Waals surface area contributed by atoms with Gasteiger partial charge in [-0.15, -0.1) is 0 Å². The van der Waals surface area contributed by atoms with Crippen LogP contribution in [0.15, 0.2) is 77.6 Å². The van der Waals surface area contributed by atoms with Crippen molar-refractivity contribution in [2.24, 2.45) is 0 Å². The van der Waals surface area contributed by atoms with E-state index in [1.54, 1.807) is 0 Å². The zero-order chi connectivity index (χ0) is 21.5. The summed E-state index contributed by atoms with van der Waals surface area (Å²) in [4.78, 5) is 28.4. The van der Waals surface area contributed by atoms with Gasteiger partial charge in [-0.25, -0.2) is 9.59 Å². The summed E-state index contributed by atoms with van der Waals surface area (Å²) < 4.78 is 10.8. The van der Waals surface area contributed by atoms with Crippen LogP contribution in [-0.2, 0) is 33.9 Å². The number of ether oxygens (including phenoxy) is 2. The number of nitrogens with one attached hydrogen (secondary N) is 2. The number of H-pyrrole nitrogens is 1. The SMILES string of the molecule is O=C(NC(Cc1c[nH]c2ccccc12)C(=O)OCc1ccccc1)OCc1ccsc1. The lowest BCUT2D eigenvalue weighted by Gasteiger charge is -2.17. The fourth-order valence-corrected chi connectivity index (χ4v) is 3.90. The smallest absolute Gasteiger partial charge is 0.408 e. The van der Waals surface area contributed by atoms with E-state index in [0.717, 1.165) is 27.6 Å². The molecule has 4 aromatic rings. The summed E-state index contributed by atoms with van der Waals surface area (Å²) in [7, 11) is 0. The maximum absolute atomic E-state index is 12.8. The van der Waals surface area contributed by atoms with E-state index >= 15 is 0 Å². The van der Waals surface area contributed by atoms with Crippen molar-refractivity contribution in [1.29, 1.82) is 0 Å². The van der Waals surface area contributed by atoms with Crippen molar-refractivity contribution in [3.05, 3.63) is 94.3 Å². The van der Waals surface area contributed by atoms with Crippen molar-refractivity contribution < 1.29 is 19.1 Å². The Hall–Kier alpha value is -3.58. The van der Waals surface area contributed by atoms with Gasteiger partial charge in [0.2, 0.25) is 0 Å². The Bertz CT molecular complexity index is 1140. The minimum atomic E-state index is -0.877. The van der Waals surface area contributed by atoms with Crippen molar-refractivity contribution in [2.75, 3.05) is 0 Å². The first-order chi connectivity index (χ1) is 15.2. The van der Waals surface area contributed by atoms with Gasteiger partial charge in [-0.05, 0) is 34.0 Å². The third kappa shape index (κ3) is 5.52. The second-order valence-electron chi connectivity index (χ2n) is 7.06. The first-order valence-corrected chi connectivity index (χ1v) is 10.8. The van der Waals surface area contributed by atoms with Gasteiger partial charge in [0.05, 0.1) is 0 Å². The Kier molecular flexibility index (Phi) is 6.64. The predicted molar refractivity (Wildman–Crippen MR) is 120 cm³/mol. The Balaban J connectivity index is 1.45. The number of amides is 1. The van der Waals surface area contributed by atoms with E-state index in [9.17, 15) is 9.59 Å². The molecule has 1 unspecified atom stereocenters. The van der Waals surface area contributed by atoms with Gasteiger partial charge in [0.25, 0.3) is 0 Å². The van der Waals surface area contributed by atoms with Gasteiger partial charge >= 0.3 is 12.1 Å². The number of rotatable bonds is 8. The molecule has 0 bridgehead atoms. The molecule has 0 aliphatic rings. The molecule has 1 atom stereocenters. The molecule has 4 rings (SSSR count). The number of para-hydroxylation sites is 1. The number of benzene rings is 2. The van der Waals surface area contributed by atoms with Crippen LogP contribution in [-0.4, -0.2) is 23.1 Å². The molecule has 6 nitrogen and oxygen atoms in total. The number of esters is 1. The van der Waals surface area contributed by atoms with Crippen LogP contribution in [0, 0.1) is 0 Å². The van der Waals surface area contributed by atoms with Crippen molar-refractivity contribution in [2.45, 2.75) is 25.7 Å². The summed E-state index contributed by atoms with van der Waals surface area (Å²) in [5.41, 5.74) is 3.66. The van der Waals surface area contributed by atoms with Crippen LogP contribution < -0.4 is 5.32 Å². The van der Waals surface area contributed by atoms with Crippen molar-refractivity contribution >= 4 is 34.3 Å². The number of thiophene rings is 1. The van der Waals surface area contributed by atoms with E-state index in [0.29, 0.717) is 0 Å². The normalized spacial score (nSPS) is 11.7. The largest absolute Gasteiger partial charge is 0.459 e. The minimum Gasteiger partial charge on any atom is -0.459 e. The van der Waals surface area contributed by atoms with Crippen LogP contribution in [0.25, 0.3) is 10.9 Å². The van der Waals surface area contributed by atoms with E-state index in [1.807, 2.05) is 77.6 Å². The molecule has 1 amide bonds. The molecule has 2 aromatic carbocycles. The Labute approximate surface area is 183 Å². The molecule has 2 heterocycles. The lowest BCUT2D eigenvalue weighted by molar-refractivity contribution is -0.147. The van der Waals surface area contributed by atoms with Crippen molar-refractivity contribution in [3.8, 4) is 0 Å². The van der Waals surface area contributed by atoms with Gasteiger partial charge in [0.15, 0.2) is 0 Å². The highest BCUT2D eigenvalue weighted by Crippen LogP contribution is 2.20. The average Bonchev–Trinajstić information content (AvgIpc) is 3.47. The Morgan fingerprint density at radius 1 is 0.935 bits per heavy atom. The summed E-state index contributed by atoms with van der Waals surface area (Å²) in [5.74, 6) is -0.512. The summed E-state index contributed by atoms with van der Waals surface area (Å²) >= 11 is 1.53. The number of alkyl carbamates (subject to hydrolysis) is 1. The topological polar surface area (TPSA) is 80.4 Å². The molecule has 158 valence electrons. The number of aromatic nitrogens is 1. The third-order valence-corrected chi connectivity index (χ3v) is 5.58. The number of hydrogen-bond acceptors (Lipinski definition) is 5. The first-order valence-electron chi connectivity index (χ1n) is 9.89. The zero-order valence-corrected chi connectivity index (χ0v) is 17.6. The molecule has 0 saturated carbocycles. The fraction of sp³-hybridized carbons (Fsp3) is 0.167. The van der Waals surface area contributed by atoms with Crippen LogP contribution in [0.4, 0.5) is 4.79 Å². The van der Waals surface area contributed by atoms with Crippen molar-refractivity contribution in [1.82, 2.24) is 10.3 Å². The number of carbonyl (C=O) groups is 2. The number of fused-ring (bicyclic) bond motifs is 1. The highest BCUT2D eigenvalue weighted by atomic mass is 32.1. The van der Waals surface area contributed by atoms with Gasteiger partial charge in [0.1, 0.15) is 19.3 Å². The van der Waals surface area contributed by atoms with Crippen LogP contribution in [0.3, 0.4) is 0 Å². The fourth-order valence-electron chi connectivity index (χ4n) is 3.25. The highest BCUT2D eigenvalue weighted by Gasteiger charge is 2.25. The summed E-state index contributed by atoms with van der Waals surface area (Å²) in [6.07, 6.45) is 1.47. The van der Waals surface area contributed by atoms with E-state index in [2.05, 4.69) is 10.3 Å². The minimum absolute atomic E-state index is 0.135. The van der Waals surface area contributed by atoms with Gasteiger partial charge in [0, 0.05) is 29.1 Å². The molecule has 7 heteroatoms. The van der Waals surface area contributed by atoms with E-state index < -0.39 is 18.1 Å². The van der Waals surface area contributed by atoms with Crippen LogP contribution in [0.5, 0.6) is 0 Å². The Morgan fingerprint density at radius 2 is 1.71 bits per heavy atom. The Morgan fingerprint density at radius 3 is 2.52 bits per heavy atom. The third-order valence-electron chi connectivity index (χ3n) is 4.85. The molecule has 0 aliphatic heterocycles. The average molecular weight is 435 g/mol. The number of aromatic amines is 1. The molecule has 0 radical (unpaired) electrons. The maximum Gasteiger partial charge on any atom is 0.408 e. The van der Waals surface area contributed by atoms with E-state index in [1.165, 1.54) is 11.3 Å². The highest BCUT2D eigenvalue weighted by molar-refractivity contribution is 7.07. The lowest BCUT2D eigenvalue weighted by atomic mass is 10.1. The van der Waals surface area contributed by atoms with Crippen LogP contribution >= 0.6 is 11.3 Å². The molecule has 2 aromatic heterocycles. The molecule has 2 N–H and O–H groups in total. The second-order valence-corrected chi connectivity index (χ2v) is 7.84. The molecule has 0 spiro atoms. The molecule has 0 fully saturated rings. The summed E-state index contributed by atoms with van der Waals surface area (Å²) in [6, 6.07) is 18.2.